The van der Waals surface area contributed by atoms with Crippen molar-refractivity contribution in [2.75, 3.05) is 7.11 Å². The summed E-state index contributed by atoms with van der Waals surface area (Å²) in [4.78, 5) is 26.6. The largest absolute Gasteiger partial charge is 0.467 e. The van der Waals surface area contributed by atoms with Gasteiger partial charge in [0, 0.05) is 5.54 Å². The SMILES string of the molecule is C/C=C1\CC(C)(CC)N(C(=O)OCc2ccccc2)C1C(=O)OC. The Labute approximate surface area is 143 Å². The van der Waals surface area contributed by atoms with E-state index < -0.39 is 23.6 Å². The van der Waals surface area contributed by atoms with Crippen molar-refractivity contribution in [2.45, 2.75) is 51.8 Å². The second-order valence-corrected chi connectivity index (χ2v) is 6.23. The van der Waals surface area contributed by atoms with Crippen LogP contribution in [0.2, 0.25) is 0 Å². The fourth-order valence-corrected chi connectivity index (χ4v) is 3.14. The molecule has 2 rings (SSSR count). The molecule has 0 aliphatic carbocycles. The average molecular weight is 331 g/mol. The zero-order chi connectivity index (χ0) is 17.7. The average Bonchev–Trinajstić information content (AvgIpc) is 2.93. The molecule has 1 heterocycles. The number of allylic oxidation sites excluding steroid dienone is 1. The maximum Gasteiger partial charge on any atom is 0.411 e. The lowest BCUT2D eigenvalue weighted by Gasteiger charge is -2.35. The molecule has 5 nitrogen and oxygen atoms in total. The molecule has 0 N–H and O–H groups in total. The highest BCUT2D eigenvalue weighted by atomic mass is 16.6. The molecular formula is C19H25NO4. The van der Waals surface area contributed by atoms with Crippen LogP contribution in [0.4, 0.5) is 4.79 Å². The van der Waals surface area contributed by atoms with Crippen LogP contribution in [-0.4, -0.2) is 35.7 Å². The number of esters is 1. The van der Waals surface area contributed by atoms with Gasteiger partial charge in [0.15, 0.2) is 6.04 Å². The molecule has 2 unspecified atom stereocenters. The molecule has 2 atom stereocenters. The molecule has 5 heteroatoms. The Bertz CT molecular complexity index is 626. The Hall–Kier alpha value is -2.30. The quantitative estimate of drug-likeness (QED) is 0.624. The van der Waals surface area contributed by atoms with Gasteiger partial charge in [-0.25, -0.2) is 9.59 Å². The van der Waals surface area contributed by atoms with Crippen molar-refractivity contribution in [1.29, 1.82) is 0 Å². The summed E-state index contributed by atoms with van der Waals surface area (Å²) in [6.07, 6.45) is 2.76. The van der Waals surface area contributed by atoms with E-state index in [2.05, 4.69) is 0 Å². The Morgan fingerprint density at radius 3 is 2.54 bits per heavy atom. The van der Waals surface area contributed by atoms with Gasteiger partial charge in [0.05, 0.1) is 7.11 Å². The number of carbonyl (C=O) groups is 2. The summed E-state index contributed by atoms with van der Waals surface area (Å²) in [5.41, 5.74) is 1.33. The standard InChI is InChI=1S/C19H25NO4/c1-5-15-12-19(3,6-2)20(16(15)17(21)23-4)18(22)24-13-14-10-8-7-9-11-14/h5,7-11,16H,6,12-13H2,1-4H3/b15-5+. The summed E-state index contributed by atoms with van der Waals surface area (Å²) < 4.78 is 10.4. The van der Waals surface area contributed by atoms with E-state index in [-0.39, 0.29) is 6.61 Å². The Balaban J connectivity index is 2.24. The zero-order valence-electron chi connectivity index (χ0n) is 14.7. The molecule has 1 aromatic rings. The van der Waals surface area contributed by atoms with E-state index >= 15 is 0 Å². The van der Waals surface area contributed by atoms with Crippen LogP contribution in [0.25, 0.3) is 0 Å². The fraction of sp³-hybridized carbons (Fsp3) is 0.474. The number of nitrogens with zero attached hydrogens (tertiary/aromatic N) is 1. The first-order valence-electron chi connectivity index (χ1n) is 8.19. The van der Waals surface area contributed by atoms with Crippen molar-refractivity contribution >= 4 is 12.1 Å². The number of hydrogen-bond donors (Lipinski definition) is 0. The molecule has 0 bridgehead atoms. The van der Waals surface area contributed by atoms with Crippen LogP contribution >= 0.6 is 0 Å². The van der Waals surface area contributed by atoms with Gasteiger partial charge in [-0.3, -0.25) is 4.90 Å². The molecule has 0 saturated carbocycles. The lowest BCUT2D eigenvalue weighted by molar-refractivity contribution is -0.145. The van der Waals surface area contributed by atoms with E-state index in [9.17, 15) is 9.59 Å². The minimum absolute atomic E-state index is 0.176. The Morgan fingerprint density at radius 1 is 1.33 bits per heavy atom. The van der Waals surface area contributed by atoms with E-state index in [0.29, 0.717) is 6.42 Å². The molecule has 24 heavy (non-hydrogen) atoms. The summed E-state index contributed by atoms with van der Waals surface area (Å²) in [7, 11) is 1.34. The van der Waals surface area contributed by atoms with Crippen LogP contribution in [0.15, 0.2) is 42.0 Å². The Morgan fingerprint density at radius 2 is 2.00 bits per heavy atom. The van der Waals surface area contributed by atoms with Gasteiger partial charge in [0.1, 0.15) is 6.61 Å². The van der Waals surface area contributed by atoms with Gasteiger partial charge >= 0.3 is 12.1 Å². The minimum Gasteiger partial charge on any atom is -0.467 e. The summed E-state index contributed by atoms with van der Waals surface area (Å²) in [6, 6.07) is 8.77. The summed E-state index contributed by atoms with van der Waals surface area (Å²) in [5, 5.41) is 0. The van der Waals surface area contributed by atoms with Crippen molar-refractivity contribution in [2.24, 2.45) is 0 Å². The van der Waals surface area contributed by atoms with Crippen LogP contribution in [0.3, 0.4) is 0 Å². The van der Waals surface area contributed by atoms with Crippen molar-refractivity contribution < 1.29 is 19.1 Å². The van der Waals surface area contributed by atoms with E-state index in [1.165, 1.54) is 12.0 Å². The number of methoxy groups -OCH3 is 1. The molecule has 1 fully saturated rings. The van der Waals surface area contributed by atoms with E-state index in [4.69, 9.17) is 9.47 Å². The number of ether oxygens (including phenoxy) is 2. The van der Waals surface area contributed by atoms with E-state index in [0.717, 1.165) is 17.6 Å². The second-order valence-electron chi connectivity index (χ2n) is 6.23. The third-order valence-corrected chi connectivity index (χ3v) is 4.73. The maximum atomic E-state index is 12.8. The van der Waals surface area contributed by atoms with Gasteiger partial charge in [-0.05, 0) is 37.8 Å². The summed E-state index contributed by atoms with van der Waals surface area (Å²) in [6.45, 7) is 6.03. The third kappa shape index (κ3) is 3.45. The van der Waals surface area contributed by atoms with Crippen LogP contribution in [-0.2, 0) is 20.9 Å². The molecule has 1 amide bonds. The number of rotatable bonds is 4. The smallest absolute Gasteiger partial charge is 0.411 e. The first-order chi connectivity index (χ1) is 11.5. The molecule has 1 saturated heterocycles. The molecule has 1 aliphatic rings. The molecule has 1 aliphatic heterocycles. The van der Waals surface area contributed by atoms with Gasteiger partial charge in [-0.2, -0.15) is 0 Å². The second kappa shape index (κ2) is 7.51. The van der Waals surface area contributed by atoms with Gasteiger partial charge in [-0.15, -0.1) is 0 Å². The number of benzene rings is 1. The van der Waals surface area contributed by atoms with Crippen molar-refractivity contribution in [3.63, 3.8) is 0 Å². The number of amides is 1. The Kier molecular flexibility index (Phi) is 5.65. The predicted octanol–water partition coefficient (Wildman–Crippen LogP) is 3.69. The van der Waals surface area contributed by atoms with Gasteiger partial charge < -0.3 is 9.47 Å². The lowest BCUT2D eigenvalue weighted by atomic mass is 9.94. The zero-order valence-corrected chi connectivity index (χ0v) is 14.7. The van der Waals surface area contributed by atoms with Crippen LogP contribution < -0.4 is 0 Å². The van der Waals surface area contributed by atoms with Gasteiger partial charge in [-0.1, -0.05) is 43.3 Å². The first-order valence-corrected chi connectivity index (χ1v) is 8.19. The topological polar surface area (TPSA) is 55.8 Å². The first kappa shape index (κ1) is 18.0. The molecule has 0 radical (unpaired) electrons. The number of carbonyl (C=O) groups excluding carboxylic acids is 2. The summed E-state index contributed by atoms with van der Waals surface area (Å²) in [5.74, 6) is -0.433. The van der Waals surface area contributed by atoms with Crippen LogP contribution in [0.5, 0.6) is 0 Å². The van der Waals surface area contributed by atoms with Crippen molar-refractivity contribution in [3.05, 3.63) is 47.5 Å². The van der Waals surface area contributed by atoms with E-state index in [1.807, 2.05) is 57.2 Å². The fourth-order valence-electron chi connectivity index (χ4n) is 3.14. The summed E-state index contributed by atoms with van der Waals surface area (Å²) >= 11 is 0. The lowest BCUT2D eigenvalue weighted by Crippen LogP contribution is -2.51. The molecule has 0 aromatic heterocycles. The normalized spacial score (nSPS) is 24.9. The third-order valence-electron chi connectivity index (χ3n) is 4.73. The van der Waals surface area contributed by atoms with Crippen molar-refractivity contribution in [3.8, 4) is 0 Å². The highest BCUT2D eigenvalue weighted by molar-refractivity contribution is 5.86. The molecule has 1 aromatic carbocycles. The monoisotopic (exact) mass is 331 g/mol. The van der Waals surface area contributed by atoms with Gasteiger partial charge in [0.2, 0.25) is 0 Å². The molecule has 0 spiro atoms. The minimum atomic E-state index is -0.715. The predicted molar refractivity (Wildman–Crippen MR) is 91.3 cm³/mol. The van der Waals surface area contributed by atoms with Crippen LogP contribution in [0, 0.1) is 0 Å². The number of hydrogen-bond acceptors (Lipinski definition) is 4. The van der Waals surface area contributed by atoms with Gasteiger partial charge in [0.25, 0.3) is 0 Å². The van der Waals surface area contributed by atoms with E-state index in [1.54, 1.807) is 0 Å². The highest BCUT2D eigenvalue weighted by Crippen LogP contribution is 2.41. The van der Waals surface area contributed by atoms with Crippen molar-refractivity contribution in [1.82, 2.24) is 4.90 Å². The molecular weight excluding hydrogens is 306 g/mol. The number of likely N-dealkylation sites (tertiary alicyclic amines) is 1. The molecule has 130 valence electrons. The van der Waals surface area contributed by atoms with Crippen LogP contribution in [0.1, 0.15) is 39.2 Å². The maximum absolute atomic E-state index is 12.8. The highest BCUT2D eigenvalue weighted by Gasteiger charge is 2.51.